The van der Waals surface area contributed by atoms with Crippen LogP contribution in [0.15, 0.2) is 6.20 Å². The number of hydrogen-bond donors (Lipinski definition) is 1. The van der Waals surface area contributed by atoms with E-state index in [-0.39, 0.29) is 17.4 Å². The average Bonchev–Trinajstić information content (AvgIpc) is 2.93. The number of aromatic nitrogens is 4. The number of morpholine rings is 1. The second-order valence-electron chi connectivity index (χ2n) is 7.49. The minimum absolute atomic E-state index is 0.0579. The highest BCUT2D eigenvalue weighted by atomic mass is 16.5. The molecule has 0 radical (unpaired) electrons. The molecule has 1 fully saturated rings. The summed E-state index contributed by atoms with van der Waals surface area (Å²) in [5.41, 5.74) is 0.638. The molecule has 2 aromatic heterocycles. The summed E-state index contributed by atoms with van der Waals surface area (Å²) in [6.07, 6.45) is 1.71. The molecule has 1 aliphatic heterocycles. The van der Waals surface area contributed by atoms with Crippen molar-refractivity contribution in [2.75, 3.05) is 31.6 Å². The minimum atomic E-state index is -0.165. The lowest BCUT2D eigenvalue weighted by Gasteiger charge is -2.32. The van der Waals surface area contributed by atoms with Crippen molar-refractivity contribution in [3.05, 3.63) is 12.0 Å². The Bertz CT molecular complexity index is 779. The van der Waals surface area contributed by atoms with E-state index in [9.17, 15) is 4.79 Å². The van der Waals surface area contributed by atoms with Crippen LogP contribution < -0.4 is 5.32 Å². The second-order valence-corrected chi connectivity index (χ2v) is 7.49. The Balaban J connectivity index is 1.82. The zero-order valence-corrected chi connectivity index (χ0v) is 15.5. The van der Waals surface area contributed by atoms with Crippen molar-refractivity contribution in [2.24, 2.45) is 7.05 Å². The Morgan fingerprint density at radius 2 is 2.16 bits per heavy atom. The third kappa shape index (κ3) is 3.73. The fourth-order valence-corrected chi connectivity index (χ4v) is 2.83. The van der Waals surface area contributed by atoms with Crippen LogP contribution in [0.3, 0.4) is 0 Å². The molecule has 1 N–H and O–H groups in total. The van der Waals surface area contributed by atoms with Gasteiger partial charge in [-0.1, -0.05) is 20.8 Å². The van der Waals surface area contributed by atoms with E-state index in [1.807, 2.05) is 11.9 Å². The van der Waals surface area contributed by atoms with E-state index in [1.165, 1.54) is 0 Å². The molecule has 0 bridgehead atoms. The molecule has 2 aromatic rings. The number of nitrogens with one attached hydrogen (secondary N) is 1. The molecule has 8 heteroatoms. The third-order valence-corrected chi connectivity index (χ3v) is 4.34. The van der Waals surface area contributed by atoms with E-state index in [1.54, 1.807) is 17.8 Å². The minimum Gasteiger partial charge on any atom is -0.373 e. The number of nitrogens with zero attached hydrogens (tertiary/aromatic N) is 5. The number of aryl methyl sites for hydroxylation is 1. The Morgan fingerprint density at radius 3 is 2.84 bits per heavy atom. The monoisotopic (exact) mass is 346 g/mol. The van der Waals surface area contributed by atoms with Crippen LogP contribution in [-0.4, -0.2) is 62.9 Å². The van der Waals surface area contributed by atoms with Gasteiger partial charge in [0, 0.05) is 39.0 Å². The van der Waals surface area contributed by atoms with E-state index in [0.717, 1.165) is 22.7 Å². The smallest absolute Gasteiger partial charge is 0.219 e. The number of hydrogen-bond acceptors (Lipinski definition) is 6. The van der Waals surface area contributed by atoms with Crippen LogP contribution in [0.2, 0.25) is 0 Å². The zero-order chi connectivity index (χ0) is 18.2. The zero-order valence-electron chi connectivity index (χ0n) is 15.5. The van der Waals surface area contributed by atoms with Crippen LogP contribution in [0.25, 0.3) is 11.0 Å². The largest absolute Gasteiger partial charge is 0.373 e. The summed E-state index contributed by atoms with van der Waals surface area (Å²) in [6, 6.07) is 0. The van der Waals surface area contributed by atoms with Crippen molar-refractivity contribution in [2.45, 2.75) is 39.2 Å². The van der Waals surface area contributed by atoms with Crippen molar-refractivity contribution in [1.82, 2.24) is 24.6 Å². The van der Waals surface area contributed by atoms with Crippen LogP contribution in [0.1, 0.15) is 33.5 Å². The van der Waals surface area contributed by atoms with Crippen molar-refractivity contribution in [3.8, 4) is 0 Å². The summed E-state index contributed by atoms with van der Waals surface area (Å²) in [4.78, 5) is 22.8. The fourth-order valence-electron chi connectivity index (χ4n) is 2.83. The lowest BCUT2D eigenvalue weighted by molar-refractivity contribution is -0.135. The topological polar surface area (TPSA) is 85.2 Å². The van der Waals surface area contributed by atoms with Crippen molar-refractivity contribution in [3.63, 3.8) is 0 Å². The van der Waals surface area contributed by atoms with Crippen LogP contribution in [-0.2, 0) is 22.0 Å². The van der Waals surface area contributed by atoms with E-state index in [0.29, 0.717) is 26.2 Å². The first-order chi connectivity index (χ1) is 11.8. The molecule has 3 rings (SSSR count). The summed E-state index contributed by atoms with van der Waals surface area (Å²) < 4.78 is 7.53. The highest BCUT2D eigenvalue weighted by molar-refractivity contribution is 5.86. The number of carbonyl (C=O) groups is 1. The number of ether oxygens (including phenoxy) is 1. The Hall–Kier alpha value is -2.22. The van der Waals surface area contributed by atoms with E-state index in [2.05, 4.69) is 36.2 Å². The highest BCUT2D eigenvalue weighted by Crippen LogP contribution is 2.25. The first-order valence-electron chi connectivity index (χ1n) is 8.57. The van der Waals surface area contributed by atoms with Crippen LogP contribution in [0.4, 0.5) is 5.82 Å². The molecule has 0 saturated carbocycles. The van der Waals surface area contributed by atoms with Gasteiger partial charge in [0.05, 0.1) is 24.3 Å². The van der Waals surface area contributed by atoms with Gasteiger partial charge in [-0.15, -0.1) is 0 Å². The van der Waals surface area contributed by atoms with E-state index >= 15 is 0 Å². The third-order valence-electron chi connectivity index (χ3n) is 4.34. The number of carbonyl (C=O) groups excluding carboxylic acids is 1. The van der Waals surface area contributed by atoms with Gasteiger partial charge in [-0.3, -0.25) is 9.48 Å². The molecule has 25 heavy (non-hydrogen) atoms. The summed E-state index contributed by atoms with van der Waals surface area (Å²) in [5, 5.41) is 8.56. The van der Waals surface area contributed by atoms with Gasteiger partial charge in [0.15, 0.2) is 5.65 Å². The summed E-state index contributed by atoms with van der Waals surface area (Å²) in [7, 11) is 1.88. The van der Waals surface area contributed by atoms with Gasteiger partial charge >= 0.3 is 0 Å². The van der Waals surface area contributed by atoms with Gasteiger partial charge < -0.3 is 15.0 Å². The number of amides is 1. The maximum Gasteiger partial charge on any atom is 0.219 e. The maximum absolute atomic E-state index is 11.6. The molecule has 1 atom stereocenters. The molecule has 136 valence electrons. The Labute approximate surface area is 147 Å². The molecule has 0 aromatic carbocycles. The Morgan fingerprint density at radius 1 is 1.40 bits per heavy atom. The van der Waals surface area contributed by atoms with Gasteiger partial charge in [-0.25, -0.2) is 9.97 Å². The van der Waals surface area contributed by atoms with Crippen LogP contribution in [0.5, 0.6) is 0 Å². The van der Waals surface area contributed by atoms with Gasteiger partial charge in [0.1, 0.15) is 11.6 Å². The average molecular weight is 346 g/mol. The summed E-state index contributed by atoms with van der Waals surface area (Å²) in [5.74, 6) is 1.60. The van der Waals surface area contributed by atoms with Gasteiger partial charge in [-0.2, -0.15) is 5.10 Å². The van der Waals surface area contributed by atoms with Crippen LogP contribution in [0, 0.1) is 0 Å². The molecule has 8 nitrogen and oxygen atoms in total. The maximum atomic E-state index is 11.6. The lowest BCUT2D eigenvalue weighted by atomic mass is 9.95. The molecular formula is C17H26N6O2. The highest BCUT2D eigenvalue weighted by Gasteiger charge is 2.24. The predicted octanol–water partition coefficient (Wildman–Crippen LogP) is 1.32. The summed E-state index contributed by atoms with van der Waals surface area (Å²) >= 11 is 0. The molecule has 0 unspecified atom stereocenters. The molecule has 3 heterocycles. The molecule has 0 aliphatic carbocycles. The number of anilines is 1. The number of fused-ring (bicyclic) bond motifs is 1. The predicted molar refractivity (Wildman–Crippen MR) is 95.5 cm³/mol. The quantitative estimate of drug-likeness (QED) is 0.902. The fraction of sp³-hybridized carbons (Fsp3) is 0.647. The SMILES string of the molecule is CC(=O)N1CCO[C@@H](CNc2nc(C(C)(C)C)nc3c2cnn3C)C1. The summed E-state index contributed by atoms with van der Waals surface area (Å²) in [6.45, 7) is 10.2. The number of rotatable bonds is 3. The van der Waals surface area contributed by atoms with Crippen molar-refractivity contribution < 1.29 is 9.53 Å². The Kier molecular flexibility index (Phi) is 4.64. The second kappa shape index (κ2) is 6.59. The van der Waals surface area contributed by atoms with Gasteiger partial charge in [0.2, 0.25) is 5.91 Å². The van der Waals surface area contributed by atoms with E-state index < -0.39 is 0 Å². The lowest BCUT2D eigenvalue weighted by Crippen LogP contribution is -2.47. The van der Waals surface area contributed by atoms with Crippen molar-refractivity contribution in [1.29, 1.82) is 0 Å². The molecule has 1 aliphatic rings. The van der Waals surface area contributed by atoms with Crippen LogP contribution >= 0.6 is 0 Å². The van der Waals surface area contributed by atoms with Crippen molar-refractivity contribution >= 4 is 22.8 Å². The van der Waals surface area contributed by atoms with Gasteiger partial charge in [-0.05, 0) is 0 Å². The first-order valence-corrected chi connectivity index (χ1v) is 8.57. The normalized spacial score (nSPS) is 18.6. The standard InChI is InChI=1S/C17H26N6O2/c1-11(24)23-6-7-25-12(10-23)8-18-14-13-9-19-22(5)15(13)21-16(20-14)17(2,3)4/h9,12H,6-8,10H2,1-5H3,(H,18,20,21)/t12-/m0/s1. The molecule has 0 spiro atoms. The molecular weight excluding hydrogens is 320 g/mol. The molecule has 1 amide bonds. The molecule has 1 saturated heterocycles. The van der Waals surface area contributed by atoms with Gasteiger partial charge in [0.25, 0.3) is 0 Å². The van der Waals surface area contributed by atoms with E-state index in [4.69, 9.17) is 9.72 Å². The first kappa shape index (κ1) is 17.6.